The third-order valence-corrected chi connectivity index (χ3v) is 6.37. The van der Waals surface area contributed by atoms with Crippen molar-refractivity contribution in [2.24, 2.45) is 4.99 Å². The van der Waals surface area contributed by atoms with E-state index in [1.165, 1.54) is 23.0 Å². The second-order valence-electron chi connectivity index (χ2n) is 8.82. The quantitative estimate of drug-likeness (QED) is 0.201. The zero-order valence-corrected chi connectivity index (χ0v) is 20.9. The number of ketones is 1. The maximum Gasteiger partial charge on any atom is 0.373 e. The first-order valence-electron chi connectivity index (χ1n) is 10.6. The summed E-state index contributed by atoms with van der Waals surface area (Å²) in [5, 5.41) is 23.7. The Balaban J connectivity index is 0.00000137. The van der Waals surface area contributed by atoms with Gasteiger partial charge in [0.05, 0.1) is 9.80 Å². The van der Waals surface area contributed by atoms with E-state index < -0.39 is 4.92 Å². The summed E-state index contributed by atoms with van der Waals surface area (Å²) in [7, 11) is 0. The Hall–Kier alpha value is -3.94. The number of aryl methyl sites for hydroxylation is 1. The Morgan fingerprint density at radius 3 is 2.29 bits per heavy atom. The predicted octanol–water partition coefficient (Wildman–Crippen LogP) is 5.74. The number of hydrogen-bond acceptors (Lipinski definition) is 8. The van der Waals surface area contributed by atoms with Gasteiger partial charge >= 0.3 is 6.15 Å². The molecule has 0 atom stereocenters. The molecule has 0 saturated heterocycles. The van der Waals surface area contributed by atoms with Crippen LogP contribution in [0.25, 0.3) is 10.4 Å². The average Bonchev–Trinajstić information content (AvgIpc) is 3.18. The van der Waals surface area contributed by atoms with Gasteiger partial charge in [-0.2, -0.15) is 9.59 Å². The van der Waals surface area contributed by atoms with Gasteiger partial charge in [-0.05, 0) is 30.4 Å². The molecule has 0 spiro atoms. The summed E-state index contributed by atoms with van der Waals surface area (Å²) in [4.78, 5) is 44.4. The van der Waals surface area contributed by atoms with Crippen LogP contribution in [0.5, 0.6) is 5.75 Å². The molecule has 3 rings (SSSR count). The summed E-state index contributed by atoms with van der Waals surface area (Å²) in [6.45, 7) is 9.66. The van der Waals surface area contributed by atoms with Crippen LogP contribution in [0.4, 0.5) is 5.69 Å². The van der Waals surface area contributed by atoms with Crippen molar-refractivity contribution in [1.29, 1.82) is 0 Å². The SMILES string of the molecule is CC(=NCC(=O)c1ccc(C)c([N+](=O)[O-])c1)c1csc(-c2ccc(C(C)(C)C)cc2)c1O.O=C=O. The van der Waals surface area contributed by atoms with Crippen LogP contribution >= 0.6 is 11.3 Å². The van der Waals surface area contributed by atoms with E-state index in [-0.39, 0.29) is 40.9 Å². The maximum absolute atomic E-state index is 12.5. The number of benzene rings is 2. The second kappa shape index (κ2) is 11.5. The van der Waals surface area contributed by atoms with Crippen molar-refractivity contribution in [3.8, 4) is 16.2 Å². The van der Waals surface area contributed by atoms with E-state index in [9.17, 15) is 20.0 Å². The van der Waals surface area contributed by atoms with Crippen LogP contribution in [0.3, 0.4) is 0 Å². The Labute approximate surface area is 207 Å². The van der Waals surface area contributed by atoms with E-state index in [0.29, 0.717) is 16.8 Å². The Morgan fingerprint density at radius 2 is 1.74 bits per heavy atom. The Kier molecular flexibility index (Phi) is 8.94. The van der Waals surface area contributed by atoms with Crippen LogP contribution in [0, 0.1) is 17.0 Å². The molecule has 0 bridgehead atoms. The number of nitro groups is 1. The number of rotatable bonds is 6. The van der Waals surface area contributed by atoms with Crippen molar-refractivity contribution in [2.75, 3.05) is 6.54 Å². The van der Waals surface area contributed by atoms with Crippen molar-refractivity contribution in [3.05, 3.63) is 80.2 Å². The van der Waals surface area contributed by atoms with Crippen LogP contribution in [-0.2, 0) is 15.0 Å². The number of aliphatic imine (C=N–C) groups is 1. The normalized spacial score (nSPS) is 11.3. The molecule has 0 aliphatic carbocycles. The predicted molar refractivity (Wildman–Crippen MR) is 134 cm³/mol. The average molecular weight is 495 g/mol. The highest BCUT2D eigenvalue weighted by Crippen LogP contribution is 2.39. The van der Waals surface area contributed by atoms with Gasteiger partial charge in [0.2, 0.25) is 0 Å². The fourth-order valence-electron chi connectivity index (χ4n) is 3.28. The monoisotopic (exact) mass is 494 g/mol. The topological polar surface area (TPSA) is 127 Å². The number of aromatic hydroxyl groups is 1. The molecule has 0 aliphatic heterocycles. The molecule has 0 saturated carbocycles. The second-order valence-corrected chi connectivity index (χ2v) is 9.70. The third kappa shape index (κ3) is 6.79. The minimum atomic E-state index is -0.500. The smallest absolute Gasteiger partial charge is 0.373 e. The highest BCUT2D eigenvalue weighted by atomic mass is 32.1. The summed E-state index contributed by atoms with van der Waals surface area (Å²) in [5.41, 5.74) is 3.95. The molecule has 9 heteroatoms. The molecule has 182 valence electrons. The molecular formula is C26H26N2O6S. The number of carbonyl (C=O) groups is 1. The van der Waals surface area contributed by atoms with Gasteiger partial charge in [-0.3, -0.25) is 19.9 Å². The fourth-order valence-corrected chi connectivity index (χ4v) is 4.29. The van der Waals surface area contributed by atoms with Gasteiger partial charge in [-0.15, -0.1) is 11.3 Å². The lowest BCUT2D eigenvalue weighted by Crippen LogP contribution is -2.10. The summed E-state index contributed by atoms with van der Waals surface area (Å²) < 4.78 is 0. The first-order valence-corrected chi connectivity index (χ1v) is 11.5. The fraction of sp³-hybridized carbons (Fsp3) is 0.269. The number of thiophene rings is 1. The lowest BCUT2D eigenvalue weighted by Gasteiger charge is -2.19. The number of nitro benzene ring substituents is 1. The molecule has 0 fully saturated rings. The van der Waals surface area contributed by atoms with Crippen molar-refractivity contribution >= 4 is 34.7 Å². The molecule has 0 aliphatic rings. The van der Waals surface area contributed by atoms with Gasteiger partial charge in [0, 0.05) is 33.8 Å². The molecular weight excluding hydrogens is 468 g/mol. The molecule has 0 radical (unpaired) electrons. The highest BCUT2D eigenvalue weighted by Gasteiger charge is 2.18. The van der Waals surface area contributed by atoms with Gasteiger partial charge in [-0.1, -0.05) is 57.2 Å². The first kappa shape index (κ1) is 27.3. The Morgan fingerprint density at radius 1 is 1.14 bits per heavy atom. The van der Waals surface area contributed by atoms with E-state index in [4.69, 9.17) is 9.59 Å². The molecule has 0 amide bonds. The minimum Gasteiger partial charge on any atom is -0.506 e. The van der Waals surface area contributed by atoms with Gasteiger partial charge in [0.15, 0.2) is 5.78 Å². The Bertz CT molecular complexity index is 1290. The van der Waals surface area contributed by atoms with Crippen LogP contribution in [0.15, 0.2) is 52.8 Å². The van der Waals surface area contributed by atoms with Crippen LogP contribution < -0.4 is 0 Å². The van der Waals surface area contributed by atoms with E-state index in [1.807, 2.05) is 17.5 Å². The third-order valence-electron chi connectivity index (χ3n) is 5.36. The van der Waals surface area contributed by atoms with Crippen molar-refractivity contribution in [3.63, 3.8) is 0 Å². The largest absolute Gasteiger partial charge is 0.506 e. The first-order chi connectivity index (χ1) is 16.4. The van der Waals surface area contributed by atoms with Crippen molar-refractivity contribution < 1.29 is 24.4 Å². The maximum atomic E-state index is 12.5. The number of carbonyl (C=O) groups excluding carboxylic acids is 3. The van der Waals surface area contributed by atoms with E-state index >= 15 is 0 Å². The molecule has 8 nitrogen and oxygen atoms in total. The standard InChI is InChI=1S/C25H26N2O4S.CO2/c1-15-6-7-18(12-21(15)27(30)31)22(28)13-26-16(2)20-14-32-24(23(20)29)17-8-10-19(11-9-17)25(3,4)5;2-1-3/h6-12,14,29H,13H2,1-5H3;. The summed E-state index contributed by atoms with van der Waals surface area (Å²) in [5.74, 6) is -0.182. The van der Waals surface area contributed by atoms with Gasteiger partial charge in [-0.25, -0.2) is 0 Å². The zero-order valence-electron chi connectivity index (χ0n) is 20.1. The summed E-state index contributed by atoms with van der Waals surface area (Å²) in [6.07, 6.45) is 0.250. The van der Waals surface area contributed by atoms with Crippen LogP contribution in [0.1, 0.15) is 54.7 Å². The minimum absolute atomic E-state index is 0.0504. The highest BCUT2D eigenvalue weighted by molar-refractivity contribution is 7.14. The molecule has 1 aromatic heterocycles. The number of Topliss-reactive ketones (excluding diaryl/α,β-unsaturated/α-hetero) is 1. The van der Waals surface area contributed by atoms with E-state index in [1.54, 1.807) is 26.0 Å². The van der Waals surface area contributed by atoms with Gasteiger partial charge < -0.3 is 5.11 Å². The van der Waals surface area contributed by atoms with Crippen LogP contribution in [-0.4, -0.2) is 34.2 Å². The summed E-state index contributed by atoms with van der Waals surface area (Å²) in [6, 6.07) is 12.5. The lowest BCUT2D eigenvalue weighted by molar-refractivity contribution is -0.385. The zero-order chi connectivity index (χ0) is 26.3. The molecule has 1 heterocycles. The van der Waals surface area contributed by atoms with Crippen molar-refractivity contribution in [2.45, 2.75) is 40.0 Å². The van der Waals surface area contributed by atoms with Crippen molar-refractivity contribution in [1.82, 2.24) is 0 Å². The van der Waals surface area contributed by atoms with E-state index in [0.717, 1.165) is 10.4 Å². The molecule has 35 heavy (non-hydrogen) atoms. The van der Waals surface area contributed by atoms with E-state index in [2.05, 4.69) is 37.9 Å². The molecule has 0 unspecified atom stereocenters. The molecule has 3 aromatic rings. The van der Waals surface area contributed by atoms with Gasteiger partial charge in [0.1, 0.15) is 12.3 Å². The van der Waals surface area contributed by atoms with Crippen LogP contribution in [0.2, 0.25) is 0 Å². The molecule has 1 N–H and O–H groups in total. The molecule has 2 aromatic carbocycles. The summed E-state index contributed by atoms with van der Waals surface area (Å²) >= 11 is 1.42. The number of hydrogen-bond donors (Lipinski definition) is 1. The van der Waals surface area contributed by atoms with Gasteiger partial charge in [0.25, 0.3) is 5.69 Å². The lowest BCUT2D eigenvalue weighted by atomic mass is 9.86. The number of nitrogens with zero attached hydrogens (tertiary/aromatic N) is 2.